The van der Waals surface area contributed by atoms with Gasteiger partial charge in [0.2, 0.25) is 10.2 Å². The summed E-state index contributed by atoms with van der Waals surface area (Å²) in [5.74, 6) is 2.29. The van der Waals surface area contributed by atoms with Crippen molar-refractivity contribution in [2.24, 2.45) is 0 Å². The van der Waals surface area contributed by atoms with Gasteiger partial charge in [0.1, 0.15) is 0 Å². The van der Waals surface area contributed by atoms with E-state index >= 15 is 0 Å². The van der Waals surface area contributed by atoms with Crippen molar-refractivity contribution in [2.45, 2.75) is 50.1 Å². The molecule has 2 aromatic rings. The largest absolute Gasteiger partial charge is 0.463 e. The van der Waals surface area contributed by atoms with Crippen LogP contribution in [0.4, 0.5) is 0 Å². The van der Waals surface area contributed by atoms with Gasteiger partial charge in [0.15, 0.2) is 24.1 Å². The standard InChI is InChI=1S/C28H30Br4O6S3/c1-15(2)27(33)39-9-7-35-17(5)37-25-21(29)11-19(12-22(25)30)41-20-13-23(31)26(24(32)14-20)38-18(6)36-8-10-40-28(34)16(3)4/h11-14,17-18H,1,3,7-10H2,2,4-6H3. The molecule has 0 amide bonds. The van der Waals surface area contributed by atoms with Crippen molar-refractivity contribution in [3.05, 3.63) is 66.5 Å². The zero-order valence-electron chi connectivity index (χ0n) is 22.9. The van der Waals surface area contributed by atoms with Crippen LogP contribution in [0.15, 0.2) is 76.3 Å². The monoisotopic (exact) mass is 874 g/mol. The van der Waals surface area contributed by atoms with Crippen molar-refractivity contribution in [3.63, 3.8) is 0 Å². The van der Waals surface area contributed by atoms with Crippen LogP contribution in [0.3, 0.4) is 0 Å². The van der Waals surface area contributed by atoms with Crippen LogP contribution in [0.2, 0.25) is 0 Å². The Balaban J connectivity index is 1.95. The number of carbonyl (C=O) groups excluding carboxylic acids is 2. The Morgan fingerprint density at radius 1 is 0.707 bits per heavy atom. The van der Waals surface area contributed by atoms with E-state index in [-0.39, 0.29) is 10.2 Å². The minimum atomic E-state index is -0.509. The molecule has 2 aromatic carbocycles. The molecular weight excluding hydrogens is 848 g/mol. The zero-order chi connectivity index (χ0) is 30.7. The molecule has 0 fully saturated rings. The summed E-state index contributed by atoms with van der Waals surface area (Å²) in [4.78, 5) is 25.2. The second-order valence-corrected chi connectivity index (χ2v) is 15.2. The minimum absolute atomic E-state index is 0.0370. The molecule has 0 aliphatic rings. The highest BCUT2D eigenvalue weighted by Gasteiger charge is 2.17. The van der Waals surface area contributed by atoms with Crippen LogP contribution in [0, 0.1) is 0 Å². The molecule has 6 nitrogen and oxygen atoms in total. The Morgan fingerprint density at radius 2 is 1.02 bits per heavy atom. The van der Waals surface area contributed by atoms with Gasteiger partial charge in [0.05, 0.1) is 31.1 Å². The van der Waals surface area contributed by atoms with Crippen molar-refractivity contribution in [1.82, 2.24) is 0 Å². The summed E-state index contributed by atoms with van der Waals surface area (Å²) in [5, 5.41) is -0.0740. The lowest BCUT2D eigenvalue weighted by atomic mass is 10.3. The van der Waals surface area contributed by atoms with Gasteiger partial charge in [-0.25, -0.2) is 0 Å². The first kappa shape index (κ1) is 36.9. The Kier molecular flexibility index (Phi) is 16.7. The summed E-state index contributed by atoms with van der Waals surface area (Å²) < 4.78 is 26.4. The van der Waals surface area contributed by atoms with Crippen LogP contribution >= 0.6 is 99.0 Å². The van der Waals surface area contributed by atoms with Gasteiger partial charge in [0.25, 0.3) is 0 Å². The van der Waals surface area contributed by atoms with Crippen molar-refractivity contribution >= 4 is 109 Å². The third-order valence-corrected chi connectivity index (χ3v) is 10.0. The van der Waals surface area contributed by atoms with Gasteiger partial charge in [-0.15, -0.1) is 0 Å². The lowest BCUT2D eigenvalue weighted by molar-refractivity contribution is -0.108. The van der Waals surface area contributed by atoms with Crippen molar-refractivity contribution < 1.29 is 28.5 Å². The predicted molar refractivity (Wildman–Crippen MR) is 184 cm³/mol. The summed E-state index contributed by atoms with van der Waals surface area (Å²) in [5.41, 5.74) is 1.04. The average molecular weight is 878 g/mol. The molecule has 2 rings (SSSR count). The SMILES string of the molecule is C=C(C)C(=O)SCCOC(C)Oc1c(Br)cc(Sc2cc(Br)c(OC(C)OCCSC(=O)C(=C)C)c(Br)c2)cc1Br. The first-order chi connectivity index (χ1) is 19.3. The topological polar surface area (TPSA) is 71.1 Å². The number of ether oxygens (including phenoxy) is 4. The Hall–Kier alpha value is -0.250. The van der Waals surface area contributed by atoms with Crippen LogP contribution in [-0.4, -0.2) is 47.5 Å². The van der Waals surface area contributed by atoms with E-state index in [1.165, 1.54) is 23.5 Å². The third-order valence-electron chi connectivity index (χ3n) is 4.78. The zero-order valence-corrected chi connectivity index (χ0v) is 31.7. The molecule has 13 heteroatoms. The van der Waals surface area contributed by atoms with Gasteiger partial charge in [0, 0.05) is 21.3 Å². The van der Waals surface area contributed by atoms with E-state index in [1.54, 1.807) is 39.5 Å². The van der Waals surface area contributed by atoms with Crippen molar-refractivity contribution in [2.75, 3.05) is 24.7 Å². The Bertz CT molecular complexity index is 1130. The van der Waals surface area contributed by atoms with E-state index in [0.717, 1.165) is 27.7 Å². The maximum Gasteiger partial charge on any atom is 0.214 e. The normalized spacial score (nSPS) is 12.5. The maximum absolute atomic E-state index is 11.6. The molecule has 2 unspecified atom stereocenters. The maximum atomic E-state index is 11.6. The number of rotatable bonds is 16. The van der Waals surface area contributed by atoms with Gasteiger partial charge in [-0.05, 0) is 127 Å². The molecule has 0 saturated heterocycles. The molecule has 0 N–H and O–H groups in total. The lowest BCUT2D eigenvalue weighted by Crippen LogP contribution is -2.18. The van der Waals surface area contributed by atoms with E-state index in [9.17, 15) is 9.59 Å². The number of hydrogen-bond donors (Lipinski definition) is 0. The molecule has 0 heterocycles. The van der Waals surface area contributed by atoms with Crippen LogP contribution in [0.5, 0.6) is 11.5 Å². The van der Waals surface area contributed by atoms with E-state index in [4.69, 9.17) is 18.9 Å². The highest BCUT2D eigenvalue weighted by molar-refractivity contribution is 9.11. The fourth-order valence-electron chi connectivity index (χ4n) is 2.90. The lowest BCUT2D eigenvalue weighted by Gasteiger charge is -2.19. The summed E-state index contributed by atoms with van der Waals surface area (Å²) in [6, 6.07) is 7.88. The molecule has 0 aliphatic carbocycles. The molecule has 0 bridgehead atoms. The van der Waals surface area contributed by atoms with Gasteiger partial charge < -0.3 is 18.9 Å². The number of carbonyl (C=O) groups is 2. The number of benzene rings is 2. The highest BCUT2D eigenvalue weighted by atomic mass is 79.9. The Morgan fingerprint density at radius 3 is 1.32 bits per heavy atom. The van der Waals surface area contributed by atoms with Gasteiger partial charge >= 0.3 is 0 Å². The first-order valence-corrected chi connectivity index (χ1v) is 18.1. The summed E-state index contributed by atoms with van der Waals surface area (Å²) in [7, 11) is 0. The molecule has 41 heavy (non-hydrogen) atoms. The van der Waals surface area contributed by atoms with E-state index < -0.39 is 12.6 Å². The molecule has 2 atom stereocenters. The summed E-state index contributed by atoms with van der Waals surface area (Å²) in [6.45, 7) is 15.0. The molecule has 0 radical (unpaired) electrons. The van der Waals surface area contributed by atoms with Crippen molar-refractivity contribution in [3.8, 4) is 11.5 Å². The van der Waals surface area contributed by atoms with Crippen LogP contribution in [0.25, 0.3) is 0 Å². The van der Waals surface area contributed by atoms with E-state index in [0.29, 0.717) is 47.4 Å². The Labute approximate surface area is 288 Å². The van der Waals surface area contributed by atoms with Crippen LogP contribution in [-0.2, 0) is 19.1 Å². The fraction of sp³-hybridized carbons (Fsp3) is 0.357. The molecule has 0 aromatic heterocycles. The van der Waals surface area contributed by atoms with Crippen molar-refractivity contribution in [1.29, 1.82) is 0 Å². The molecule has 0 spiro atoms. The second-order valence-electron chi connectivity index (χ2n) is 8.48. The summed E-state index contributed by atoms with van der Waals surface area (Å²) in [6.07, 6.45) is -1.02. The van der Waals surface area contributed by atoms with Gasteiger partial charge in [-0.2, -0.15) is 0 Å². The predicted octanol–water partition coefficient (Wildman–Crippen LogP) is 10.0. The van der Waals surface area contributed by atoms with E-state index in [1.807, 2.05) is 24.3 Å². The number of hydrogen-bond acceptors (Lipinski definition) is 9. The average Bonchev–Trinajstić information content (AvgIpc) is 2.88. The van der Waals surface area contributed by atoms with Crippen LogP contribution in [0.1, 0.15) is 27.7 Å². The smallest absolute Gasteiger partial charge is 0.214 e. The molecule has 0 aliphatic heterocycles. The van der Waals surface area contributed by atoms with Crippen LogP contribution < -0.4 is 9.47 Å². The fourth-order valence-corrected chi connectivity index (χ4v) is 8.45. The second kappa shape index (κ2) is 18.5. The molecule has 224 valence electrons. The van der Waals surface area contributed by atoms with Gasteiger partial charge in [-0.3, -0.25) is 9.59 Å². The number of halogens is 4. The van der Waals surface area contributed by atoms with Gasteiger partial charge in [-0.1, -0.05) is 48.4 Å². The van der Waals surface area contributed by atoms with E-state index in [2.05, 4.69) is 76.9 Å². The highest BCUT2D eigenvalue weighted by Crippen LogP contribution is 2.43. The molecular formula is C28H30Br4O6S3. The molecule has 0 saturated carbocycles. The quantitative estimate of drug-likeness (QED) is 0.0932. The minimum Gasteiger partial charge on any atom is -0.463 e. The third kappa shape index (κ3) is 13.1. The first-order valence-electron chi connectivity index (χ1n) is 12.2. The number of thioether (sulfide) groups is 2. The summed E-state index contributed by atoms with van der Waals surface area (Å²) >= 11 is 18.3.